The van der Waals surface area contributed by atoms with E-state index in [1.165, 1.54) is 0 Å². The van der Waals surface area contributed by atoms with Crippen LogP contribution in [-0.4, -0.2) is 40.0 Å². The molecular weight excluding hydrogens is 256 g/mol. The summed E-state index contributed by atoms with van der Waals surface area (Å²) in [7, 11) is 0. The van der Waals surface area contributed by atoms with Crippen LogP contribution in [0, 0.1) is 11.8 Å². The van der Waals surface area contributed by atoms with Crippen molar-refractivity contribution in [3.05, 3.63) is 0 Å². The van der Waals surface area contributed by atoms with E-state index in [1.54, 1.807) is 0 Å². The molecule has 5 nitrogen and oxygen atoms in total. The molecule has 5 heteroatoms. The molecule has 2 fully saturated rings. The second-order valence-corrected chi connectivity index (χ2v) is 6.80. The van der Waals surface area contributed by atoms with Crippen molar-refractivity contribution in [1.29, 1.82) is 0 Å². The third kappa shape index (κ3) is 3.32. The van der Waals surface area contributed by atoms with Gasteiger partial charge < -0.3 is 15.7 Å². The number of aliphatic carboxylic acids is 1. The molecule has 2 heterocycles. The highest BCUT2D eigenvalue weighted by Gasteiger charge is 2.44. The molecule has 2 unspecified atom stereocenters. The van der Waals surface area contributed by atoms with E-state index in [2.05, 4.69) is 13.8 Å². The molecule has 0 radical (unpaired) electrons. The topological polar surface area (TPSA) is 83.6 Å². The zero-order valence-corrected chi connectivity index (χ0v) is 12.4. The van der Waals surface area contributed by atoms with Gasteiger partial charge in [0.25, 0.3) is 0 Å². The third-order valence-corrected chi connectivity index (χ3v) is 4.59. The van der Waals surface area contributed by atoms with Crippen LogP contribution < -0.4 is 5.73 Å². The Hall–Kier alpha value is -1.10. The molecule has 3 N–H and O–H groups in total. The number of nitrogens with two attached hydrogens (primary N) is 1. The SMILES string of the molecule is CC(C)C[C@H](N)C(=O)N1C2CCC1CC(CC(=O)O)C2. The number of rotatable bonds is 5. The molecule has 3 atom stereocenters. The van der Waals surface area contributed by atoms with E-state index in [-0.39, 0.29) is 30.3 Å². The van der Waals surface area contributed by atoms with Crippen LogP contribution in [0.25, 0.3) is 0 Å². The van der Waals surface area contributed by atoms with Gasteiger partial charge in [-0.15, -0.1) is 0 Å². The molecule has 2 saturated heterocycles. The number of carbonyl (C=O) groups excluding carboxylic acids is 1. The Kier molecular flexibility index (Phi) is 4.68. The summed E-state index contributed by atoms with van der Waals surface area (Å²) in [5.41, 5.74) is 6.03. The van der Waals surface area contributed by atoms with Gasteiger partial charge in [-0.2, -0.15) is 0 Å². The smallest absolute Gasteiger partial charge is 0.303 e. The number of hydrogen-bond donors (Lipinski definition) is 2. The van der Waals surface area contributed by atoms with Crippen molar-refractivity contribution >= 4 is 11.9 Å². The minimum absolute atomic E-state index is 0.0694. The van der Waals surface area contributed by atoms with E-state index in [4.69, 9.17) is 10.8 Å². The molecule has 0 saturated carbocycles. The molecule has 0 aliphatic carbocycles. The highest BCUT2D eigenvalue weighted by atomic mass is 16.4. The van der Waals surface area contributed by atoms with Gasteiger partial charge in [0.1, 0.15) is 0 Å². The van der Waals surface area contributed by atoms with E-state index < -0.39 is 12.0 Å². The normalized spacial score (nSPS) is 30.6. The minimum atomic E-state index is -0.731. The van der Waals surface area contributed by atoms with Crippen molar-refractivity contribution in [3.8, 4) is 0 Å². The summed E-state index contributed by atoms with van der Waals surface area (Å²) in [6, 6.07) is 0.0155. The molecule has 1 amide bonds. The van der Waals surface area contributed by atoms with Gasteiger partial charge in [-0.1, -0.05) is 13.8 Å². The van der Waals surface area contributed by atoms with Crippen LogP contribution in [0.15, 0.2) is 0 Å². The van der Waals surface area contributed by atoms with Crippen molar-refractivity contribution < 1.29 is 14.7 Å². The number of nitrogens with zero attached hydrogens (tertiary/aromatic N) is 1. The second kappa shape index (κ2) is 6.12. The maximum Gasteiger partial charge on any atom is 0.303 e. The first-order chi connectivity index (χ1) is 9.38. The van der Waals surface area contributed by atoms with Crippen LogP contribution >= 0.6 is 0 Å². The Morgan fingerprint density at radius 1 is 1.25 bits per heavy atom. The molecule has 2 aliphatic rings. The first-order valence-corrected chi connectivity index (χ1v) is 7.68. The lowest BCUT2D eigenvalue weighted by atomic mass is 9.87. The lowest BCUT2D eigenvalue weighted by molar-refractivity contribution is -0.140. The van der Waals surface area contributed by atoms with Gasteiger partial charge in [0.05, 0.1) is 6.04 Å². The highest BCUT2D eigenvalue weighted by molar-refractivity contribution is 5.82. The molecule has 2 rings (SSSR count). The third-order valence-electron chi connectivity index (χ3n) is 4.59. The Morgan fingerprint density at radius 3 is 2.25 bits per heavy atom. The number of hydrogen-bond acceptors (Lipinski definition) is 3. The van der Waals surface area contributed by atoms with Crippen molar-refractivity contribution in [2.45, 2.75) is 70.5 Å². The monoisotopic (exact) mass is 282 g/mol. The summed E-state index contributed by atoms with van der Waals surface area (Å²) in [5, 5.41) is 8.92. The summed E-state index contributed by atoms with van der Waals surface area (Å²) in [5.74, 6) is -0.0304. The van der Waals surface area contributed by atoms with Gasteiger partial charge in [-0.25, -0.2) is 0 Å². The van der Waals surface area contributed by atoms with Crippen LogP contribution in [0.3, 0.4) is 0 Å². The fourth-order valence-electron chi connectivity index (χ4n) is 3.86. The van der Waals surface area contributed by atoms with Gasteiger partial charge in [-0.05, 0) is 43.9 Å². The average molecular weight is 282 g/mol. The first kappa shape index (κ1) is 15.3. The van der Waals surface area contributed by atoms with Gasteiger partial charge in [0.2, 0.25) is 5.91 Å². The standard InChI is InChI=1S/C15H26N2O3/c1-9(2)5-13(16)15(20)17-11-3-4-12(17)7-10(6-11)8-14(18)19/h9-13H,3-8,16H2,1-2H3,(H,18,19)/t10?,11?,12?,13-/m0/s1. The van der Waals surface area contributed by atoms with Gasteiger partial charge >= 0.3 is 5.97 Å². The van der Waals surface area contributed by atoms with Gasteiger partial charge in [0, 0.05) is 18.5 Å². The zero-order valence-electron chi connectivity index (χ0n) is 12.4. The van der Waals surface area contributed by atoms with E-state index >= 15 is 0 Å². The van der Waals surface area contributed by atoms with Crippen LogP contribution in [-0.2, 0) is 9.59 Å². The Labute approximate surface area is 120 Å². The maximum absolute atomic E-state index is 12.5. The minimum Gasteiger partial charge on any atom is -0.481 e. The van der Waals surface area contributed by atoms with Gasteiger partial charge in [-0.3, -0.25) is 9.59 Å². The zero-order chi connectivity index (χ0) is 14.9. The molecule has 0 aromatic carbocycles. The molecule has 0 aromatic heterocycles. The molecule has 114 valence electrons. The maximum atomic E-state index is 12.5. The number of carboxylic acids is 1. The number of piperidine rings is 1. The average Bonchev–Trinajstić information content (AvgIpc) is 2.58. The number of amides is 1. The molecular formula is C15H26N2O3. The number of carboxylic acid groups (broad SMARTS) is 1. The van der Waals surface area contributed by atoms with Crippen LogP contribution in [0.4, 0.5) is 0 Å². The van der Waals surface area contributed by atoms with E-state index in [1.807, 2.05) is 4.90 Å². The number of carbonyl (C=O) groups is 2. The van der Waals surface area contributed by atoms with Crippen molar-refractivity contribution in [2.24, 2.45) is 17.6 Å². The molecule has 20 heavy (non-hydrogen) atoms. The van der Waals surface area contributed by atoms with Crippen LogP contribution in [0.1, 0.15) is 52.4 Å². The molecule has 2 aliphatic heterocycles. The van der Waals surface area contributed by atoms with Crippen LogP contribution in [0.5, 0.6) is 0 Å². The van der Waals surface area contributed by atoms with E-state index in [0.717, 1.165) is 25.7 Å². The summed E-state index contributed by atoms with van der Waals surface area (Å²) in [6.45, 7) is 4.14. The lowest BCUT2D eigenvalue weighted by Gasteiger charge is -2.40. The lowest BCUT2D eigenvalue weighted by Crippen LogP contribution is -2.53. The van der Waals surface area contributed by atoms with Crippen molar-refractivity contribution in [2.75, 3.05) is 0 Å². The Morgan fingerprint density at radius 2 is 1.80 bits per heavy atom. The molecule has 0 aromatic rings. The quantitative estimate of drug-likeness (QED) is 0.802. The highest BCUT2D eigenvalue weighted by Crippen LogP contribution is 2.40. The second-order valence-electron chi connectivity index (χ2n) is 6.80. The fraction of sp³-hybridized carbons (Fsp3) is 0.867. The summed E-state index contributed by atoms with van der Waals surface area (Å²) < 4.78 is 0. The summed E-state index contributed by atoms with van der Waals surface area (Å²) in [6.07, 6.45) is 4.59. The fourth-order valence-corrected chi connectivity index (χ4v) is 3.86. The van der Waals surface area contributed by atoms with E-state index in [9.17, 15) is 9.59 Å². The van der Waals surface area contributed by atoms with E-state index in [0.29, 0.717) is 12.3 Å². The first-order valence-electron chi connectivity index (χ1n) is 7.68. The van der Waals surface area contributed by atoms with Crippen LogP contribution in [0.2, 0.25) is 0 Å². The Balaban J connectivity index is 1.98. The molecule has 0 spiro atoms. The van der Waals surface area contributed by atoms with Gasteiger partial charge in [0.15, 0.2) is 0 Å². The number of fused-ring (bicyclic) bond motifs is 2. The Bertz CT molecular complexity index is 369. The largest absolute Gasteiger partial charge is 0.481 e. The predicted octanol–water partition coefficient (Wildman–Crippen LogP) is 1.60. The predicted molar refractivity (Wildman–Crippen MR) is 76.1 cm³/mol. The van der Waals surface area contributed by atoms with Crippen molar-refractivity contribution in [3.63, 3.8) is 0 Å². The van der Waals surface area contributed by atoms with Crippen molar-refractivity contribution in [1.82, 2.24) is 4.90 Å². The molecule has 2 bridgehead atoms. The summed E-state index contributed by atoms with van der Waals surface area (Å²) in [4.78, 5) is 25.3. The summed E-state index contributed by atoms with van der Waals surface area (Å²) >= 11 is 0.